The second-order valence-electron chi connectivity index (χ2n) is 4.66. The molecule has 0 bridgehead atoms. The molecule has 0 aliphatic heterocycles. The largest absolute Gasteiger partial charge is 0.603 e. The van der Waals surface area contributed by atoms with Crippen LogP contribution < -0.4 is 4.89 Å². The molecule has 0 aromatic carbocycles. The summed E-state index contributed by atoms with van der Waals surface area (Å²) in [4.78, 5) is 24.0. The second-order valence-corrected chi connectivity index (χ2v) is 10.6. The highest BCUT2D eigenvalue weighted by Gasteiger charge is 2.34. The van der Waals surface area contributed by atoms with Gasteiger partial charge in [-0.15, -0.1) is 0 Å². The van der Waals surface area contributed by atoms with Crippen molar-refractivity contribution in [1.82, 2.24) is 15.0 Å². The van der Waals surface area contributed by atoms with E-state index < -0.39 is 15.6 Å². The van der Waals surface area contributed by atoms with Gasteiger partial charge in [0.15, 0.2) is 22.8 Å². The van der Waals surface area contributed by atoms with Gasteiger partial charge < -0.3 is 4.89 Å². The normalized spacial score (nSPS) is 17.5. The summed E-state index contributed by atoms with van der Waals surface area (Å²) in [5, 5.41) is 0.637. The van der Waals surface area contributed by atoms with Crippen LogP contribution in [0.3, 0.4) is 0 Å². The lowest BCUT2D eigenvalue weighted by Crippen LogP contribution is -2.18. The molecule has 25 heavy (non-hydrogen) atoms. The summed E-state index contributed by atoms with van der Waals surface area (Å²) in [5.74, 6) is -0.179. The van der Waals surface area contributed by atoms with E-state index >= 15 is 0 Å². The molecular formula is C13H10Cl6N3O2P. The van der Waals surface area contributed by atoms with Gasteiger partial charge in [-0.3, -0.25) is 0 Å². The minimum Gasteiger partial charge on any atom is -0.603 e. The third-order valence-corrected chi connectivity index (χ3v) is 5.18. The van der Waals surface area contributed by atoms with E-state index in [1.54, 1.807) is 25.2 Å². The van der Waals surface area contributed by atoms with Gasteiger partial charge in [0.25, 0.3) is 0 Å². The zero-order valence-corrected chi connectivity index (χ0v) is 17.9. The summed E-state index contributed by atoms with van der Waals surface area (Å²) in [6.07, 6.45) is 5.46. The van der Waals surface area contributed by atoms with Gasteiger partial charge in [-0.05, 0) is 19.1 Å². The SMILES string of the molecule is CCO/[P+]([O-])=C1/C=CC(c2nc(C(Cl)(Cl)Cl)nc(C(Cl)(Cl)Cl)n2)=CC1. The van der Waals surface area contributed by atoms with E-state index in [9.17, 15) is 4.89 Å². The lowest BCUT2D eigenvalue weighted by Gasteiger charge is -2.16. The molecule has 1 aliphatic carbocycles. The highest BCUT2D eigenvalue weighted by atomic mass is 35.6. The van der Waals surface area contributed by atoms with Crippen LogP contribution in [-0.2, 0) is 12.1 Å². The van der Waals surface area contributed by atoms with Gasteiger partial charge in [0.2, 0.25) is 15.6 Å². The van der Waals surface area contributed by atoms with Crippen LogP contribution in [0.2, 0.25) is 0 Å². The molecule has 5 nitrogen and oxygen atoms in total. The van der Waals surface area contributed by atoms with Crippen LogP contribution in [0.15, 0.2) is 18.2 Å². The Morgan fingerprint density at radius 1 is 1.04 bits per heavy atom. The molecule has 0 fully saturated rings. The first kappa shape index (κ1) is 21.6. The summed E-state index contributed by atoms with van der Waals surface area (Å²) >= 11 is 35.1. The van der Waals surface area contributed by atoms with Gasteiger partial charge in [-0.25, -0.2) is 15.0 Å². The summed E-state index contributed by atoms with van der Waals surface area (Å²) in [6.45, 7) is 2.12. The Hall–Kier alpha value is 0.320. The van der Waals surface area contributed by atoms with E-state index in [4.69, 9.17) is 74.1 Å². The smallest absolute Gasteiger partial charge is 0.250 e. The van der Waals surface area contributed by atoms with Gasteiger partial charge in [0.1, 0.15) is 0 Å². The van der Waals surface area contributed by atoms with E-state index in [0.717, 1.165) is 0 Å². The zero-order valence-electron chi connectivity index (χ0n) is 12.5. The minimum absolute atomic E-state index is 0.166. The Kier molecular flexibility index (Phi) is 7.40. The maximum atomic E-state index is 11.9. The number of allylic oxidation sites excluding steroid dienone is 4. The molecular weight excluding hydrogens is 474 g/mol. The van der Waals surface area contributed by atoms with Gasteiger partial charge in [0.05, 0.1) is 6.61 Å². The number of hydrogen-bond acceptors (Lipinski definition) is 5. The summed E-state index contributed by atoms with van der Waals surface area (Å²) in [6, 6.07) is 0. The molecule has 1 aliphatic rings. The fraction of sp³-hybridized carbons (Fsp3) is 0.385. The Bertz CT molecular complexity index is 723. The number of alkyl halides is 6. The van der Waals surface area contributed by atoms with E-state index in [1.165, 1.54) is 0 Å². The second kappa shape index (κ2) is 8.55. The molecule has 1 aromatic heterocycles. The van der Waals surface area contributed by atoms with Crippen LogP contribution in [0.1, 0.15) is 30.8 Å². The summed E-state index contributed by atoms with van der Waals surface area (Å²) < 4.78 is 1.26. The Balaban J connectivity index is 2.44. The quantitative estimate of drug-likeness (QED) is 0.458. The van der Waals surface area contributed by atoms with Crippen molar-refractivity contribution >= 4 is 88.5 Å². The standard InChI is InChI=1S/C13H10Cl6N3O2P/c1-2-24-25(23)8-5-3-7(4-6-8)9-20-10(12(14,15)16)22-11(21-9)13(17,18)19/h3-5H,2,6H2,1H3. The van der Waals surface area contributed by atoms with Crippen LogP contribution in [0.25, 0.3) is 5.57 Å². The average Bonchev–Trinajstić information content (AvgIpc) is 2.53. The van der Waals surface area contributed by atoms with E-state index in [2.05, 4.69) is 15.0 Å². The summed E-state index contributed by atoms with van der Waals surface area (Å²) in [5.41, 5.74) is 0.581. The number of hydrogen-bond donors (Lipinski definition) is 0. The highest BCUT2D eigenvalue weighted by molar-refractivity contribution is 7.47. The molecule has 2 rings (SSSR count). The van der Waals surface area contributed by atoms with Crippen molar-refractivity contribution in [2.24, 2.45) is 0 Å². The first-order chi connectivity index (χ1) is 11.5. The number of halogens is 6. The van der Waals surface area contributed by atoms with Gasteiger partial charge in [-0.2, -0.15) is 4.52 Å². The van der Waals surface area contributed by atoms with Crippen molar-refractivity contribution in [3.63, 3.8) is 0 Å². The molecule has 0 radical (unpaired) electrons. The number of rotatable bonds is 3. The molecule has 136 valence electrons. The Morgan fingerprint density at radius 3 is 2.00 bits per heavy atom. The minimum atomic E-state index is -1.92. The maximum absolute atomic E-state index is 11.9. The van der Waals surface area contributed by atoms with Crippen molar-refractivity contribution < 1.29 is 9.42 Å². The van der Waals surface area contributed by atoms with Crippen molar-refractivity contribution in [1.29, 1.82) is 0 Å². The molecule has 12 heteroatoms. The van der Waals surface area contributed by atoms with Crippen molar-refractivity contribution in [2.45, 2.75) is 20.9 Å². The highest BCUT2D eigenvalue weighted by Crippen LogP contribution is 2.40. The predicted octanol–water partition coefficient (Wildman–Crippen LogP) is 4.75. The number of nitrogens with zero attached hydrogens (tertiary/aromatic N) is 3. The van der Waals surface area contributed by atoms with Crippen LogP contribution in [0.5, 0.6) is 0 Å². The molecule has 1 unspecified atom stereocenters. The molecule has 0 N–H and O–H groups in total. The topological polar surface area (TPSA) is 71.0 Å². The van der Waals surface area contributed by atoms with E-state index in [1.807, 2.05) is 0 Å². The average molecular weight is 484 g/mol. The van der Waals surface area contributed by atoms with Crippen LogP contribution in [0, 0.1) is 0 Å². The zero-order chi connectivity index (χ0) is 18.8. The molecule has 0 saturated carbocycles. The molecule has 0 saturated heterocycles. The molecule has 1 heterocycles. The molecule has 1 aromatic rings. The van der Waals surface area contributed by atoms with Crippen molar-refractivity contribution in [2.75, 3.05) is 6.61 Å². The van der Waals surface area contributed by atoms with E-state index in [-0.39, 0.29) is 17.5 Å². The molecule has 0 amide bonds. The van der Waals surface area contributed by atoms with Gasteiger partial charge >= 0.3 is 0 Å². The van der Waals surface area contributed by atoms with Crippen LogP contribution in [-0.4, -0.2) is 26.9 Å². The lowest BCUT2D eigenvalue weighted by molar-refractivity contribution is -0.171. The summed E-state index contributed by atoms with van der Waals surface area (Å²) in [7, 11) is -1.88. The van der Waals surface area contributed by atoms with Crippen LogP contribution in [0.4, 0.5) is 0 Å². The third-order valence-electron chi connectivity index (χ3n) is 2.87. The Labute approximate surface area is 175 Å². The monoisotopic (exact) mass is 481 g/mol. The van der Waals surface area contributed by atoms with E-state index in [0.29, 0.717) is 23.9 Å². The van der Waals surface area contributed by atoms with Gasteiger partial charge in [0, 0.05) is 12.0 Å². The fourth-order valence-corrected chi connectivity index (χ4v) is 3.14. The van der Waals surface area contributed by atoms with Crippen molar-refractivity contribution in [3.05, 3.63) is 35.7 Å². The lowest BCUT2D eigenvalue weighted by atomic mass is 10.1. The maximum Gasteiger partial charge on any atom is 0.250 e. The molecule has 0 spiro atoms. The first-order valence-corrected chi connectivity index (χ1v) is 10.2. The third kappa shape index (κ3) is 5.90. The number of aromatic nitrogens is 3. The van der Waals surface area contributed by atoms with Gasteiger partial charge in [-0.1, -0.05) is 75.7 Å². The van der Waals surface area contributed by atoms with Crippen LogP contribution >= 0.6 is 77.6 Å². The fourth-order valence-electron chi connectivity index (χ4n) is 1.80. The predicted molar refractivity (Wildman–Crippen MR) is 104 cm³/mol. The van der Waals surface area contributed by atoms with Crippen molar-refractivity contribution in [3.8, 4) is 0 Å². The Morgan fingerprint density at radius 2 is 1.60 bits per heavy atom. The molecule has 1 atom stereocenters. The first-order valence-electron chi connectivity index (χ1n) is 6.77.